The third kappa shape index (κ3) is 2.24. The average Bonchev–Trinajstić information content (AvgIpc) is 2.10. The van der Waals surface area contributed by atoms with Crippen molar-refractivity contribution in [3.05, 3.63) is 27.7 Å². The standard InChI is InChI=1S/C9H7BrN2O2/c10-7-1-6(4-11)8(12)2-5(7)3-9(13)14/h1-2H,3,12H2,(H,13,14). The lowest BCUT2D eigenvalue weighted by Gasteiger charge is -2.04. The van der Waals surface area contributed by atoms with E-state index in [4.69, 9.17) is 16.1 Å². The molecule has 0 aliphatic rings. The topological polar surface area (TPSA) is 87.1 Å². The smallest absolute Gasteiger partial charge is 0.307 e. The Labute approximate surface area is 89.1 Å². The zero-order chi connectivity index (χ0) is 10.7. The van der Waals surface area contributed by atoms with Gasteiger partial charge in [-0.15, -0.1) is 0 Å². The molecule has 0 aliphatic heterocycles. The fourth-order valence-electron chi connectivity index (χ4n) is 1.03. The third-order valence-corrected chi connectivity index (χ3v) is 2.42. The molecule has 0 atom stereocenters. The maximum atomic E-state index is 10.5. The summed E-state index contributed by atoms with van der Waals surface area (Å²) in [5, 5.41) is 17.2. The largest absolute Gasteiger partial charge is 0.481 e. The Morgan fingerprint density at radius 2 is 2.29 bits per heavy atom. The molecule has 0 radical (unpaired) electrons. The number of nitriles is 1. The molecule has 4 nitrogen and oxygen atoms in total. The van der Waals surface area contributed by atoms with Gasteiger partial charge in [0, 0.05) is 10.2 Å². The van der Waals surface area contributed by atoms with Gasteiger partial charge >= 0.3 is 5.97 Å². The number of hydrogen-bond donors (Lipinski definition) is 2. The Morgan fingerprint density at radius 3 is 2.79 bits per heavy atom. The number of aliphatic carboxylic acids is 1. The molecule has 0 heterocycles. The minimum Gasteiger partial charge on any atom is -0.481 e. The van der Waals surface area contributed by atoms with Crippen LogP contribution in [-0.2, 0) is 11.2 Å². The number of carboxylic acids is 1. The maximum Gasteiger partial charge on any atom is 0.307 e. The van der Waals surface area contributed by atoms with Crippen molar-refractivity contribution in [2.45, 2.75) is 6.42 Å². The van der Waals surface area contributed by atoms with Crippen LogP contribution in [0.3, 0.4) is 0 Å². The summed E-state index contributed by atoms with van der Waals surface area (Å²) in [7, 11) is 0. The lowest BCUT2D eigenvalue weighted by molar-refractivity contribution is -0.136. The zero-order valence-corrected chi connectivity index (χ0v) is 8.71. The van der Waals surface area contributed by atoms with E-state index in [1.165, 1.54) is 12.1 Å². The van der Waals surface area contributed by atoms with E-state index >= 15 is 0 Å². The summed E-state index contributed by atoms with van der Waals surface area (Å²) in [5.41, 5.74) is 6.74. The Morgan fingerprint density at radius 1 is 1.64 bits per heavy atom. The summed E-state index contributed by atoms with van der Waals surface area (Å²) in [6.45, 7) is 0. The van der Waals surface area contributed by atoms with Crippen LogP contribution in [-0.4, -0.2) is 11.1 Å². The van der Waals surface area contributed by atoms with Crippen molar-refractivity contribution in [1.29, 1.82) is 5.26 Å². The van der Waals surface area contributed by atoms with E-state index in [-0.39, 0.29) is 6.42 Å². The first-order valence-corrected chi connectivity index (χ1v) is 4.53. The summed E-state index contributed by atoms with van der Waals surface area (Å²) in [6, 6.07) is 4.93. The van der Waals surface area contributed by atoms with Gasteiger partial charge in [-0.05, 0) is 17.7 Å². The molecule has 0 aromatic heterocycles. The van der Waals surface area contributed by atoms with Gasteiger partial charge in [-0.3, -0.25) is 4.79 Å². The first kappa shape index (κ1) is 10.5. The van der Waals surface area contributed by atoms with Crippen LogP contribution in [0.1, 0.15) is 11.1 Å². The summed E-state index contributed by atoms with van der Waals surface area (Å²) >= 11 is 3.18. The van der Waals surface area contributed by atoms with E-state index in [1.807, 2.05) is 6.07 Å². The van der Waals surface area contributed by atoms with Crippen LogP contribution in [0.25, 0.3) is 0 Å². The fourth-order valence-corrected chi connectivity index (χ4v) is 1.52. The first-order valence-electron chi connectivity index (χ1n) is 3.74. The summed E-state index contributed by atoms with van der Waals surface area (Å²) in [6.07, 6.45) is -0.115. The molecule has 0 amide bonds. The minimum atomic E-state index is -0.935. The third-order valence-electron chi connectivity index (χ3n) is 1.68. The van der Waals surface area contributed by atoms with Crippen molar-refractivity contribution in [3.8, 4) is 6.07 Å². The van der Waals surface area contributed by atoms with Gasteiger partial charge in [0.2, 0.25) is 0 Å². The number of nitrogens with zero attached hydrogens (tertiary/aromatic N) is 1. The van der Waals surface area contributed by atoms with E-state index in [1.54, 1.807) is 0 Å². The van der Waals surface area contributed by atoms with Gasteiger partial charge < -0.3 is 10.8 Å². The molecule has 3 N–H and O–H groups in total. The number of carboxylic acid groups (broad SMARTS) is 1. The highest BCUT2D eigenvalue weighted by Crippen LogP contribution is 2.23. The second-order valence-corrected chi connectivity index (χ2v) is 3.57. The minimum absolute atomic E-state index is 0.115. The van der Waals surface area contributed by atoms with Crippen LogP contribution in [0.15, 0.2) is 16.6 Å². The molecule has 0 aliphatic carbocycles. The van der Waals surface area contributed by atoms with E-state index in [2.05, 4.69) is 15.9 Å². The van der Waals surface area contributed by atoms with Gasteiger partial charge in [0.1, 0.15) is 6.07 Å². The number of anilines is 1. The Bertz CT molecular complexity index is 424. The van der Waals surface area contributed by atoms with Gasteiger partial charge in [0.25, 0.3) is 0 Å². The molecule has 0 unspecified atom stereocenters. The lowest BCUT2D eigenvalue weighted by atomic mass is 10.1. The summed E-state index contributed by atoms with van der Waals surface area (Å²) < 4.78 is 0.589. The molecule has 0 bridgehead atoms. The second kappa shape index (κ2) is 4.11. The van der Waals surface area contributed by atoms with E-state index in [9.17, 15) is 4.79 Å². The van der Waals surface area contributed by atoms with Crippen LogP contribution in [0.4, 0.5) is 5.69 Å². The van der Waals surface area contributed by atoms with Crippen LogP contribution >= 0.6 is 15.9 Å². The Hall–Kier alpha value is -1.54. The molecule has 0 saturated carbocycles. The number of rotatable bonds is 2. The van der Waals surface area contributed by atoms with Gasteiger partial charge in [-0.25, -0.2) is 0 Å². The Balaban J connectivity index is 3.16. The zero-order valence-electron chi connectivity index (χ0n) is 7.12. The molecule has 1 aromatic carbocycles. The van der Waals surface area contributed by atoms with E-state index in [0.29, 0.717) is 21.3 Å². The van der Waals surface area contributed by atoms with Crippen LogP contribution in [0.2, 0.25) is 0 Å². The molecule has 14 heavy (non-hydrogen) atoms. The molecule has 0 fully saturated rings. The average molecular weight is 255 g/mol. The quantitative estimate of drug-likeness (QED) is 0.784. The number of nitrogens with two attached hydrogens (primary N) is 1. The summed E-state index contributed by atoms with van der Waals surface area (Å²) in [5.74, 6) is -0.935. The predicted molar refractivity (Wildman–Crippen MR) is 54.6 cm³/mol. The van der Waals surface area contributed by atoms with Gasteiger partial charge in [-0.1, -0.05) is 15.9 Å². The number of carbonyl (C=O) groups is 1. The molecule has 1 aromatic rings. The molecule has 1 rings (SSSR count). The summed E-state index contributed by atoms with van der Waals surface area (Å²) in [4.78, 5) is 10.5. The normalized spacial score (nSPS) is 9.43. The molecule has 0 saturated heterocycles. The second-order valence-electron chi connectivity index (χ2n) is 2.71. The molecular weight excluding hydrogens is 248 g/mol. The van der Waals surface area contributed by atoms with Crippen molar-refractivity contribution in [2.75, 3.05) is 5.73 Å². The molecule has 72 valence electrons. The number of hydrogen-bond acceptors (Lipinski definition) is 3. The fraction of sp³-hybridized carbons (Fsp3) is 0.111. The molecular formula is C9H7BrN2O2. The van der Waals surface area contributed by atoms with Gasteiger partial charge in [-0.2, -0.15) is 5.26 Å². The van der Waals surface area contributed by atoms with Crippen molar-refractivity contribution in [2.24, 2.45) is 0 Å². The van der Waals surface area contributed by atoms with E-state index < -0.39 is 5.97 Å². The molecule has 5 heteroatoms. The van der Waals surface area contributed by atoms with Gasteiger partial charge in [0.15, 0.2) is 0 Å². The lowest BCUT2D eigenvalue weighted by Crippen LogP contribution is -2.02. The highest BCUT2D eigenvalue weighted by molar-refractivity contribution is 9.10. The first-order chi connectivity index (χ1) is 6.54. The van der Waals surface area contributed by atoms with E-state index in [0.717, 1.165) is 0 Å². The van der Waals surface area contributed by atoms with Crippen LogP contribution in [0.5, 0.6) is 0 Å². The van der Waals surface area contributed by atoms with Crippen molar-refractivity contribution in [1.82, 2.24) is 0 Å². The van der Waals surface area contributed by atoms with Crippen LogP contribution < -0.4 is 5.73 Å². The Kier molecular flexibility index (Phi) is 3.10. The predicted octanol–water partition coefficient (Wildman–Crippen LogP) is 1.53. The number of nitrogen functional groups attached to an aromatic ring is 1. The SMILES string of the molecule is N#Cc1cc(Br)c(CC(=O)O)cc1N. The monoisotopic (exact) mass is 254 g/mol. The maximum absolute atomic E-state index is 10.5. The van der Waals surface area contributed by atoms with Crippen molar-refractivity contribution < 1.29 is 9.90 Å². The van der Waals surface area contributed by atoms with Crippen LogP contribution in [0, 0.1) is 11.3 Å². The highest BCUT2D eigenvalue weighted by atomic mass is 79.9. The van der Waals surface area contributed by atoms with Crippen molar-refractivity contribution >= 4 is 27.6 Å². The molecule has 0 spiro atoms. The van der Waals surface area contributed by atoms with Crippen molar-refractivity contribution in [3.63, 3.8) is 0 Å². The van der Waals surface area contributed by atoms with Gasteiger partial charge in [0.05, 0.1) is 12.0 Å². The number of benzene rings is 1. The number of halogens is 1. The highest BCUT2D eigenvalue weighted by Gasteiger charge is 2.08.